The lowest BCUT2D eigenvalue weighted by molar-refractivity contribution is -0.0175. The van der Waals surface area contributed by atoms with Crippen molar-refractivity contribution in [3.8, 4) is 5.75 Å². The van der Waals surface area contributed by atoms with Gasteiger partial charge in [-0.05, 0) is 18.7 Å². The van der Waals surface area contributed by atoms with Gasteiger partial charge in [0.05, 0.1) is 6.61 Å². The summed E-state index contributed by atoms with van der Waals surface area (Å²) in [5.41, 5.74) is 9.04. The van der Waals surface area contributed by atoms with Crippen molar-refractivity contribution in [2.75, 3.05) is 45.3 Å². The molecule has 3 rings (SSSR count). The first-order valence-corrected chi connectivity index (χ1v) is 7.33. The molecule has 118 valence electrons. The number of nitrogens with two attached hydrogens (primary N) is 1. The number of ether oxygens (including phenoxy) is 2. The number of fused-ring (bicyclic) bond motifs is 1. The smallest absolute Gasteiger partial charge is 0.189 e. The van der Waals surface area contributed by atoms with Crippen LogP contribution < -0.4 is 10.5 Å². The molecule has 1 aromatic rings. The minimum atomic E-state index is 0. The SMILES string of the molecule is CCN1CCN(Cc2cc(N)cc3c2OCOC3)CC1.Cl. The van der Waals surface area contributed by atoms with E-state index in [4.69, 9.17) is 15.2 Å². The van der Waals surface area contributed by atoms with Crippen LogP contribution in [0.4, 0.5) is 5.69 Å². The Balaban J connectivity index is 0.00000161. The van der Waals surface area contributed by atoms with E-state index in [0.717, 1.165) is 56.3 Å². The molecule has 0 aromatic heterocycles. The van der Waals surface area contributed by atoms with Gasteiger partial charge in [0.1, 0.15) is 5.75 Å². The van der Waals surface area contributed by atoms with Gasteiger partial charge in [0.2, 0.25) is 0 Å². The van der Waals surface area contributed by atoms with Crippen LogP contribution in [0.2, 0.25) is 0 Å². The molecule has 1 aromatic carbocycles. The van der Waals surface area contributed by atoms with Crippen molar-refractivity contribution >= 4 is 18.1 Å². The maximum absolute atomic E-state index is 5.99. The van der Waals surface area contributed by atoms with Crippen LogP contribution in [0.25, 0.3) is 0 Å². The average Bonchev–Trinajstić information content (AvgIpc) is 2.48. The van der Waals surface area contributed by atoms with Crippen LogP contribution >= 0.6 is 12.4 Å². The molecule has 0 bridgehead atoms. The fourth-order valence-corrected chi connectivity index (χ4v) is 2.95. The minimum absolute atomic E-state index is 0. The Morgan fingerprint density at radius 3 is 2.57 bits per heavy atom. The van der Waals surface area contributed by atoms with Crippen LogP contribution in [0.3, 0.4) is 0 Å². The Morgan fingerprint density at radius 1 is 1.14 bits per heavy atom. The molecule has 21 heavy (non-hydrogen) atoms. The zero-order valence-corrected chi connectivity index (χ0v) is 13.3. The molecule has 0 spiro atoms. The first-order chi connectivity index (χ1) is 9.76. The summed E-state index contributed by atoms with van der Waals surface area (Å²) in [7, 11) is 0. The Labute approximate surface area is 132 Å². The van der Waals surface area contributed by atoms with E-state index in [1.165, 1.54) is 5.56 Å². The van der Waals surface area contributed by atoms with E-state index in [0.29, 0.717) is 13.4 Å². The number of hydrogen-bond acceptors (Lipinski definition) is 5. The fraction of sp³-hybridized carbons (Fsp3) is 0.600. The molecule has 5 nitrogen and oxygen atoms in total. The summed E-state index contributed by atoms with van der Waals surface area (Å²) in [5, 5.41) is 0. The first kappa shape index (κ1) is 16.4. The molecule has 0 radical (unpaired) electrons. The summed E-state index contributed by atoms with van der Waals surface area (Å²) >= 11 is 0. The van der Waals surface area contributed by atoms with E-state index in [1.54, 1.807) is 0 Å². The lowest BCUT2D eigenvalue weighted by atomic mass is 10.1. The zero-order chi connectivity index (χ0) is 13.9. The largest absolute Gasteiger partial charge is 0.467 e. The number of benzene rings is 1. The molecule has 0 unspecified atom stereocenters. The molecule has 2 aliphatic rings. The summed E-state index contributed by atoms with van der Waals surface area (Å²) in [4.78, 5) is 4.95. The van der Waals surface area contributed by atoms with Crippen molar-refractivity contribution in [3.63, 3.8) is 0 Å². The van der Waals surface area contributed by atoms with Gasteiger partial charge in [-0.2, -0.15) is 0 Å². The first-order valence-electron chi connectivity index (χ1n) is 7.33. The second-order valence-electron chi connectivity index (χ2n) is 5.49. The highest BCUT2D eigenvalue weighted by Crippen LogP contribution is 2.31. The van der Waals surface area contributed by atoms with Crippen LogP contribution in [0.1, 0.15) is 18.1 Å². The summed E-state index contributed by atoms with van der Waals surface area (Å²) in [5.74, 6) is 0.975. The molecular formula is C15H24ClN3O2. The summed E-state index contributed by atoms with van der Waals surface area (Å²) < 4.78 is 11.0. The molecule has 1 saturated heterocycles. The van der Waals surface area contributed by atoms with Gasteiger partial charge in [-0.3, -0.25) is 4.90 Å². The van der Waals surface area contributed by atoms with E-state index in [2.05, 4.69) is 16.7 Å². The molecule has 2 N–H and O–H groups in total. The van der Waals surface area contributed by atoms with Gasteiger partial charge in [-0.15, -0.1) is 12.4 Å². The third kappa shape index (κ3) is 3.80. The number of halogens is 1. The number of nitrogens with zero attached hydrogens (tertiary/aromatic N) is 2. The zero-order valence-electron chi connectivity index (χ0n) is 12.5. The fourth-order valence-electron chi connectivity index (χ4n) is 2.95. The summed E-state index contributed by atoms with van der Waals surface area (Å²) in [6, 6.07) is 3.99. The van der Waals surface area contributed by atoms with Gasteiger partial charge < -0.3 is 20.1 Å². The number of likely N-dealkylation sites (N-methyl/N-ethyl adjacent to an activating group) is 1. The van der Waals surface area contributed by atoms with E-state index in [9.17, 15) is 0 Å². The van der Waals surface area contributed by atoms with Gasteiger partial charge in [-0.25, -0.2) is 0 Å². The molecule has 1 fully saturated rings. The second kappa shape index (κ2) is 7.31. The third-order valence-corrected chi connectivity index (χ3v) is 4.12. The lowest BCUT2D eigenvalue weighted by Gasteiger charge is -2.34. The van der Waals surface area contributed by atoms with Crippen LogP contribution in [-0.2, 0) is 17.9 Å². The predicted octanol–water partition coefficient (Wildman–Crippen LogP) is 1.69. The topological polar surface area (TPSA) is 51.0 Å². The molecule has 2 aliphatic heterocycles. The number of hydrogen-bond donors (Lipinski definition) is 1. The standard InChI is InChI=1S/C15H23N3O2.ClH/c1-2-17-3-5-18(6-4-17)9-12-7-14(16)8-13-10-19-11-20-15(12)13;/h7-8H,2-6,9-11,16H2,1H3;1H. The maximum Gasteiger partial charge on any atom is 0.189 e. The molecule has 0 atom stereocenters. The van der Waals surface area contributed by atoms with Crippen molar-refractivity contribution in [1.82, 2.24) is 9.80 Å². The van der Waals surface area contributed by atoms with Crippen LogP contribution in [0.15, 0.2) is 12.1 Å². The Kier molecular flexibility index (Phi) is 5.70. The second-order valence-corrected chi connectivity index (χ2v) is 5.49. The summed E-state index contributed by atoms with van der Waals surface area (Å²) in [6.45, 7) is 9.70. The highest BCUT2D eigenvalue weighted by atomic mass is 35.5. The number of piperazine rings is 1. The molecule has 0 aliphatic carbocycles. The van der Waals surface area contributed by atoms with E-state index in [-0.39, 0.29) is 12.4 Å². The Morgan fingerprint density at radius 2 is 1.86 bits per heavy atom. The van der Waals surface area contributed by atoms with Gasteiger partial charge in [0.15, 0.2) is 6.79 Å². The maximum atomic E-state index is 5.99. The number of rotatable bonds is 3. The van der Waals surface area contributed by atoms with Crippen LogP contribution in [0, 0.1) is 0 Å². The lowest BCUT2D eigenvalue weighted by Crippen LogP contribution is -2.45. The minimum Gasteiger partial charge on any atom is -0.467 e. The van der Waals surface area contributed by atoms with Crippen LogP contribution in [-0.4, -0.2) is 49.3 Å². The quantitative estimate of drug-likeness (QED) is 0.861. The van der Waals surface area contributed by atoms with Gasteiger partial charge >= 0.3 is 0 Å². The van der Waals surface area contributed by atoms with Gasteiger partial charge in [-0.1, -0.05) is 6.92 Å². The van der Waals surface area contributed by atoms with E-state index < -0.39 is 0 Å². The number of anilines is 1. The monoisotopic (exact) mass is 313 g/mol. The Bertz CT molecular complexity index is 476. The normalized spacial score (nSPS) is 19.5. The van der Waals surface area contributed by atoms with Gasteiger partial charge in [0.25, 0.3) is 0 Å². The van der Waals surface area contributed by atoms with Gasteiger partial charge in [0, 0.05) is 49.5 Å². The van der Waals surface area contributed by atoms with E-state index in [1.807, 2.05) is 12.1 Å². The molecular weight excluding hydrogens is 290 g/mol. The van der Waals surface area contributed by atoms with Crippen molar-refractivity contribution in [1.29, 1.82) is 0 Å². The highest BCUT2D eigenvalue weighted by Gasteiger charge is 2.20. The molecule has 6 heteroatoms. The van der Waals surface area contributed by atoms with E-state index >= 15 is 0 Å². The van der Waals surface area contributed by atoms with Crippen molar-refractivity contribution in [3.05, 3.63) is 23.3 Å². The molecule has 0 amide bonds. The van der Waals surface area contributed by atoms with Crippen molar-refractivity contribution in [2.24, 2.45) is 0 Å². The molecule has 0 saturated carbocycles. The highest BCUT2D eigenvalue weighted by molar-refractivity contribution is 5.85. The van der Waals surface area contributed by atoms with Crippen molar-refractivity contribution in [2.45, 2.75) is 20.1 Å². The number of nitrogen functional groups attached to an aromatic ring is 1. The molecule has 2 heterocycles. The average molecular weight is 314 g/mol. The summed E-state index contributed by atoms with van der Waals surface area (Å²) in [6.07, 6.45) is 0. The van der Waals surface area contributed by atoms with Crippen molar-refractivity contribution < 1.29 is 9.47 Å². The van der Waals surface area contributed by atoms with Crippen LogP contribution in [0.5, 0.6) is 5.75 Å². The third-order valence-electron chi connectivity index (χ3n) is 4.12. The Hall–Kier alpha value is -1.01. The predicted molar refractivity (Wildman–Crippen MR) is 85.8 cm³/mol.